The molecule has 22 heavy (non-hydrogen) atoms. The van der Waals surface area contributed by atoms with Gasteiger partial charge in [-0.05, 0) is 25.1 Å². The van der Waals surface area contributed by atoms with Crippen molar-refractivity contribution in [3.05, 3.63) is 66.6 Å². The van der Waals surface area contributed by atoms with Gasteiger partial charge in [0.1, 0.15) is 17.5 Å². The van der Waals surface area contributed by atoms with Crippen LogP contribution in [0.25, 0.3) is 21.8 Å². The summed E-state index contributed by atoms with van der Waals surface area (Å²) in [6, 6.07) is 15.9. The molecule has 0 atom stereocenters. The fourth-order valence-corrected chi connectivity index (χ4v) is 4.44. The standard InChI is InChI=1S/C17H13NO3S/c1-12-17-15(11-21-12)14-9-5-6-10-16(14)18(17)22(19,20)13-7-3-2-4-8-13/h2-11H,1H3. The van der Waals surface area contributed by atoms with Crippen molar-refractivity contribution in [2.24, 2.45) is 0 Å². The minimum Gasteiger partial charge on any atom is -0.467 e. The number of rotatable bonds is 2. The maximum absolute atomic E-state index is 13.1. The number of hydrogen-bond donors (Lipinski definition) is 0. The van der Waals surface area contributed by atoms with Crippen LogP contribution in [0.3, 0.4) is 0 Å². The third-order valence-corrected chi connectivity index (χ3v) is 5.57. The van der Waals surface area contributed by atoms with Gasteiger partial charge in [-0.25, -0.2) is 12.4 Å². The van der Waals surface area contributed by atoms with Crippen molar-refractivity contribution >= 4 is 31.8 Å². The first-order chi connectivity index (χ1) is 10.6. The van der Waals surface area contributed by atoms with E-state index in [1.54, 1.807) is 43.5 Å². The lowest BCUT2D eigenvalue weighted by Gasteiger charge is -2.09. The summed E-state index contributed by atoms with van der Waals surface area (Å²) in [5.74, 6) is 0.589. The number of nitrogens with zero attached hydrogens (tertiary/aromatic N) is 1. The van der Waals surface area contributed by atoms with E-state index in [4.69, 9.17) is 4.42 Å². The lowest BCUT2D eigenvalue weighted by molar-refractivity contribution is 0.537. The lowest BCUT2D eigenvalue weighted by Crippen LogP contribution is -2.12. The van der Waals surface area contributed by atoms with Crippen molar-refractivity contribution in [3.8, 4) is 0 Å². The van der Waals surface area contributed by atoms with Gasteiger partial charge in [0.25, 0.3) is 10.0 Å². The Bertz CT molecular complexity index is 1090. The molecule has 0 saturated heterocycles. The number of aryl methyl sites for hydroxylation is 1. The molecule has 0 fully saturated rings. The second kappa shape index (κ2) is 4.48. The summed E-state index contributed by atoms with van der Waals surface area (Å²) in [5, 5.41) is 1.68. The molecule has 0 unspecified atom stereocenters. The van der Waals surface area contributed by atoms with Crippen LogP contribution < -0.4 is 0 Å². The van der Waals surface area contributed by atoms with Crippen LogP contribution in [0.15, 0.2) is 70.2 Å². The molecule has 0 radical (unpaired) electrons. The number of fused-ring (bicyclic) bond motifs is 3. The predicted molar refractivity (Wildman–Crippen MR) is 85.5 cm³/mol. The molecule has 110 valence electrons. The van der Waals surface area contributed by atoms with Crippen LogP contribution in [-0.4, -0.2) is 12.4 Å². The summed E-state index contributed by atoms with van der Waals surface area (Å²) in [6.07, 6.45) is 1.62. The van der Waals surface area contributed by atoms with Gasteiger partial charge in [-0.3, -0.25) is 0 Å². The number of hydrogen-bond acceptors (Lipinski definition) is 3. The van der Waals surface area contributed by atoms with Crippen molar-refractivity contribution in [3.63, 3.8) is 0 Å². The molecule has 0 amide bonds. The summed E-state index contributed by atoms with van der Waals surface area (Å²) < 4.78 is 33.0. The van der Waals surface area contributed by atoms with Crippen LogP contribution in [0.2, 0.25) is 0 Å². The summed E-state index contributed by atoms with van der Waals surface area (Å²) >= 11 is 0. The summed E-state index contributed by atoms with van der Waals surface area (Å²) in [4.78, 5) is 0.262. The second-order valence-electron chi connectivity index (χ2n) is 5.15. The van der Waals surface area contributed by atoms with Gasteiger partial charge in [-0.15, -0.1) is 0 Å². The maximum atomic E-state index is 13.1. The molecule has 4 nitrogen and oxygen atoms in total. The Labute approximate surface area is 127 Å². The second-order valence-corrected chi connectivity index (χ2v) is 6.94. The van der Waals surface area contributed by atoms with Crippen molar-refractivity contribution < 1.29 is 12.8 Å². The summed E-state index contributed by atoms with van der Waals surface area (Å²) in [6.45, 7) is 1.78. The molecule has 2 aromatic heterocycles. The first kappa shape index (κ1) is 13.2. The fraction of sp³-hybridized carbons (Fsp3) is 0.0588. The molecule has 2 heterocycles. The minimum atomic E-state index is -3.68. The van der Waals surface area contributed by atoms with Crippen molar-refractivity contribution in [2.75, 3.05) is 0 Å². The molecular weight excluding hydrogens is 298 g/mol. The average molecular weight is 311 g/mol. The molecule has 0 aliphatic heterocycles. The maximum Gasteiger partial charge on any atom is 0.268 e. The van der Waals surface area contributed by atoms with Crippen LogP contribution in [0.5, 0.6) is 0 Å². The molecule has 0 aliphatic carbocycles. The minimum absolute atomic E-state index is 0.262. The van der Waals surface area contributed by atoms with Gasteiger partial charge < -0.3 is 4.42 Å². The van der Waals surface area contributed by atoms with E-state index in [-0.39, 0.29) is 4.90 Å². The lowest BCUT2D eigenvalue weighted by atomic mass is 10.2. The first-order valence-electron chi connectivity index (χ1n) is 6.88. The fourth-order valence-electron chi connectivity index (χ4n) is 2.84. The highest BCUT2D eigenvalue weighted by Crippen LogP contribution is 2.35. The highest BCUT2D eigenvalue weighted by molar-refractivity contribution is 7.90. The monoisotopic (exact) mass is 311 g/mol. The number of furan rings is 1. The molecule has 0 spiro atoms. The van der Waals surface area contributed by atoms with Gasteiger partial charge in [-0.1, -0.05) is 36.4 Å². The Hall–Kier alpha value is -2.53. The molecule has 0 aliphatic rings. The topological polar surface area (TPSA) is 52.2 Å². The van der Waals surface area contributed by atoms with E-state index in [1.807, 2.05) is 24.3 Å². The Morgan fingerprint density at radius 1 is 0.909 bits per heavy atom. The molecular formula is C17H13NO3S. The van der Waals surface area contributed by atoms with Gasteiger partial charge >= 0.3 is 0 Å². The highest BCUT2D eigenvalue weighted by Gasteiger charge is 2.25. The Morgan fingerprint density at radius 2 is 1.59 bits per heavy atom. The molecule has 4 aromatic rings. The van der Waals surface area contributed by atoms with Gasteiger partial charge in [0.2, 0.25) is 0 Å². The highest BCUT2D eigenvalue weighted by atomic mass is 32.2. The van der Waals surface area contributed by atoms with Crippen LogP contribution in [0, 0.1) is 6.92 Å². The smallest absolute Gasteiger partial charge is 0.268 e. The average Bonchev–Trinajstić information content (AvgIpc) is 3.07. The first-order valence-corrected chi connectivity index (χ1v) is 8.32. The van der Waals surface area contributed by atoms with Crippen LogP contribution in [-0.2, 0) is 10.0 Å². The largest absolute Gasteiger partial charge is 0.467 e. The molecule has 4 rings (SSSR count). The SMILES string of the molecule is Cc1occ2c3ccccc3n(S(=O)(=O)c3ccccc3)c12. The van der Waals surface area contributed by atoms with Gasteiger partial charge in [0.15, 0.2) is 0 Å². The Morgan fingerprint density at radius 3 is 2.36 bits per heavy atom. The van der Waals surface area contributed by atoms with E-state index in [1.165, 1.54) is 3.97 Å². The van der Waals surface area contributed by atoms with E-state index >= 15 is 0 Å². The van der Waals surface area contributed by atoms with E-state index in [2.05, 4.69) is 0 Å². The van der Waals surface area contributed by atoms with Gasteiger partial charge in [0.05, 0.1) is 10.4 Å². The molecule has 0 saturated carbocycles. The summed E-state index contributed by atoms with van der Waals surface area (Å²) in [5.41, 5.74) is 1.26. The van der Waals surface area contributed by atoms with Crippen molar-refractivity contribution in [1.29, 1.82) is 0 Å². The van der Waals surface area contributed by atoms with Crippen LogP contribution in [0.4, 0.5) is 0 Å². The van der Waals surface area contributed by atoms with Crippen molar-refractivity contribution in [1.82, 2.24) is 3.97 Å². The van der Waals surface area contributed by atoms with Gasteiger partial charge in [0, 0.05) is 10.8 Å². The third kappa shape index (κ3) is 1.66. The van der Waals surface area contributed by atoms with E-state index < -0.39 is 10.0 Å². The third-order valence-electron chi connectivity index (χ3n) is 3.84. The number of benzene rings is 2. The van der Waals surface area contributed by atoms with Crippen LogP contribution in [0.1, 0.15) is 5.76 Å². The zero-order valence-corrected chi connectivity index (χ0v) is 12.7. The van der Waals surface area contributed by atoms with E-state index in [9.17, 15) is 8.42 Å². The van der Waals surface area contributed by atoms with Crippen molar-refractivity contribution in [2.45, 2.75) is 11.8 Å². The zero-order valence-electron chi connectivity index (χ0n) is 11.9. The molecule has 2 aromatic carbocycles. The van der Waals surface area contributed by atoms with Crippen LogP contribution >= 0.6 is 0 Å². The quantitative estimate of drug-likeness (QED) is 0.563. The predicted octanol–water partition coefficient (Wildman–Crippen LogP) is 3.93. The molecule has 5 heteroatoms. The Kier molecular flexibility index (Phi) is 2.68. The molecule has 0 N–H and O–H groups in total. The Balaban J connectivity index is 2.20. The zero-order chi connectivity index (χ0) is 15.3. The number of aromatic nitrogens is 1. The normalized spacial score (nSPS) is 12.2. The number of para-hydroxylation sites is 1. The summed E-state index contributed by atoms with van der Waals surface area (Å²) in [7, 11) is -3.68. The van der Waals surface area contributed by atoms with Gasteiger partial charge in [-0.2, -0.15) is 0 Å². The molecule has 0 bridgehead atoms. The van der Waals surface area contributed by atoms with E-state index in [0.29, 0.717) is 16.8 Å². The van der Waals surface area contributed by atoms with E-state index in [0.717, 1.165) is 10.8 Å².